The van der Waals surface area contributed by atoms with Crippen LogP contribution in [0.5, 0.6) is 0 Å². The van der Waals surface area contributed by atoms with Crippen molar-refractivity contribution in [2.45, 2.75) is 13.8 Å². The van der Waals surface area contributed by atoms with Gasteiger partial charge in [0, 0.05) is 23.7 Å². The van der Waals surface area contributed by atoms with Crippen LogP contribution in [0.15, 0.2) is 18.5 Å². The molecule has 1 aromatic heterocycles. The highest BCUT2D eigenvalue weighted by Gasteiger charge is 2.16. The number of hydrogen-bond acceptors (Lipinski definition) is 3. The molecule has 19 heavy (non-hydrogen) atoms. The highest BCUT2D eigenvalue weighted by Crippen LogP contribution is 2.28. The summed E-state index contributed by atoms with van der Waals surface area (Å²) in [6.07, 6.45) is 1.25. The minimum absolute atomic E-state index is 0.0852. The number of aromatic nitrogens is 2. The van der Waals surface area contributed by atoms with E-state index in [1.54, 1.807) is 6.92 Å². The maximum atomic E-state index is 13.7. The van der Waals surface area contributed by atoms with E-state index in [9.17, 15) is 13.2 Å². The third-order valence-corrected chi connectivity index (χ3v) is 2.69. The Labute approximate surface area is 108 Å². The molecule has 0 aliphatic rings. The molecule has 3 nitrogen and oxygen atoms in total. The number of nitrogens with one attached hydrogen (secondary N) is 1. The van der Waals surface area contributed by atoms with E-state index in [1.807, 2.05) is 6.92 Å². The van der Waals surface area contributed by atoms with Gasteiger partial charge in [-0.1, -0.05) is 0 Å². The lowest BCUT2D eigenvalue weighted by molar-refractivity contribution is 0.496. The van der Waals surface area contributed by atoms with Crippen molar-refractivity contribution in [2.24, 2.45) is 0 Å². The van der Waals surface area contributed by atoms with Gasteiger partial charge in [-0.05, 0) is 19.9 Å². The fourth-order valence-corrected chi connectivity index (χ4v) is 1.77. The molecule has 0 radical (unpaired) electrons. The van der Waals surface area contributed by atoms with Gasteiger partial charge in [-0.3, -0.25) is 0 Å². The fraction of sp³-hybridized carbons (Fsp3) is 0.231. The molecule has 2 rings (SSSR count). The molecule has 100 valence electrons. The molecule has 0 aliphatic carbocycles. The molecule has 0 aliphatic heterocycles. The largest absolute Gasteiger partial charge is 0.370 e. The molecule has 0 bridgehead atoms. The van der Waals surface area contributed by atoms with Crippen molar-refractivity contribution in [3.8, 4) is 11.3 Å². The molecule has 1 aromatic carbocycles. The van der Waals surface area contributed by atoms with Gasteiger partial charge in [0.05, 0.1) is 5.69 Å². The first-order chi connectivity index (χ1) is 9.04. The second-order valence-corrected chi connectivity index (χ2v) is 3.97. The second kappa shape index (κ2) is 5.26. The van der Waals surface area contributed by atoms with Gasteiger partial charge in [0.15, 0.2) is 11.6 Å². The van der Waals surface area contributed by atoms with Gasteiger partial charge in [0.2, 0.25) is 0 Å². The lowest BCUT2D eigenvalue weighted by Crippen LogP contribution is -2.04. The Morgan fingerprint density at radius 1 is 1.05 bits per heavy atom. The first-order valence-electron chi connectivity index (χ1n) is 5.75. The molecule has 0 saturated heterocycles. The van der Waals surface area contributed by atoms with Crippen LogP contribution in [-0.4, -0.2) is 16.5 Å². The average molecular weight is 267 g/mol. The van der Waals surface area contributed by atoms with Crippen LogP contribution in [0.1, 0.15) is 12.5 Å². The van der Waals surface area contributed by atoms with E-state index in [-0.39, 0.29) is 11.3 Å². The molecule has 1 N–H and O–H groups in total. The van der Waals surface area contributed by atoms with Gasteiger partial charge in [0.25, 0.3) is 0 Å². The smallest absolute Gasteiger partial charge is 0.161 e. The molecule has 2 aromatic rings. The lowest BCUT2D eigenvalue weighted by atomic mass is 10.1. The maximum absolute atomic E-state index is 13.7. The molecule has 0 atom stereocenters. The normalized spacial score (nSPS) is 10.6. The summed E-state index contributed by atoms with van der Waals surface area (Å²) >= 11 is 0. The van der Waals surface area contributed by atoms with Crippen molar-refractivity contribution in [1.82, 2.24) is 9.97 Å². The molecule has 0 spiro atoms. The lowest BCUT2D eigenvalue weighted by Gasteiger charge is -2.11. The van der Waals surface area contributed by atoms with E-state index in [1.165, 1.54) is 6.33 Å². The van der Waals surface area contributed by atoms with Gasteiger partial charge in [-0.15, -0.1) is 0 Å². The summed E-state index contributed by atoms with van der Waals surface area (Å²) in [5.74, 6) is -2.65. The van der Waals surface area contributed by atoms with Gasteiger partial charge in [0.1, 0.15) is 18.0 Å². The molecular weight excluding hydrogens is 255 g/mol. The Kier molecular flexibility index (Phi) is 3.69. The topological polar surface area (TPSA) is 37.8 Å². The number of rotatable bonds is 3. The Hall–Kier alpha value is -2.11. The quantitative estimate of drug-likeness (QED) is 0.867. The van der Waals surface area contributed by atoms with Crippen molar-refractivity contribution in [3.63, 3.8) is 0 Å². The van der Waals surface area contributed by atoms with E-state index >= 15 is 0 Å². The van der Waals surface area contributed by atoms with E-state index in [0.29, 0.717) is 24.0 Å². The number of anilines is 1. The highest BCUT2D eigenvalue weighted by molar-refractivity contribution is 5.68. The van der Waals surface area contributed by atoms with Crippen LogP contribution in [0.2, 0.25) is 0 Å². The monoisotopic (exact) mass is 267 g/mol. The van der Waals surface area contributed by atoms with Crippen LogP contribution in [0, 0.1) is 24.4 Å². The summed E-state index contributed by atoms with van der Waals surface area (Å²) in [6.45, 7) is 4.21. The van der Waals surface area contributed by atoms with E-state index in [2.05, 4.69) is 15.3 Å². The van der Waals surface area contributed by atoms with Crippen LogP contribution < -0.4 is 5.32 Å². The van der Waals surface area contributed by atoms with Crippen LogP contribution in [0.3, 0.4) is 0 Å². The number of nitrogens with zero attached hydrogens (tertiary/aromatic N) is 2. The second-order valence-electron chi connectivity index (χ2n) is 3.97. The third-order valence-electron chi connectivity index (χ3n) is 2.69. The van der Waals surface area contributed by atoms with Crippen LogP contribution in [-0.2, 0) is 0 Å². The average Bonchev–Trinajstić information content (AvgIpc) is 2.37. The van der Waals surface area contributed by atoms with E-state index in [4.69, 9.17) is 0 Å². The summed E-state index contributed by atoms with van der Waals surface area (Å²) < 4.78 is 39.9. The minimum Gasteiger partial charge on any atom is -0.370 e. The summed E-state index contributed by atoms with van der Waals surface area (Å²) in [5.41, 5.74) is 0.731. The van der Waals surface area contributed by atoms with Gasteiger partial charge < -0.3 is 5.32 Å². The molecule has 1 heterocycles. The molecular formula is C13H12F3N3. The molecule has 0 unspecified atom stereocenters. The van der Waals surface area contributed by atoms with Crippen molar-refractivity contribution >= 4 is 5.82 Å². The first-order valence-corrected chi connectivity index (χ1v) is 5.75. The van der Waals surface area contributed by atoms with Crippen molar-refractivity contribution < 1.29 is 13.2 Å². The third kappa shape index (κ3) is 2.52. The van der Waals surface area contributed by atoms with Crippen molar-refractivity contribution in [2.75, 3.05) is 11.9 Å². The zero-order chi connectivity index (χ0) is 14.0. The highest BCUT2D eigenvalue weighted by atomic mass is 19.2. The van der Waals surface area contributed by atoms with Gasteiger partial charge in [-0.2, -0.15) is 0 Å². The zero-order valence-corrected chi connectivity index (χ0v) is 10.5. The standard InChI is InChI=1S/C13H12F3N3/c1-3-17-13-7(2)12(18-6-19-13)8-4-10(15)11(16)5-9(8)14/h4-6H,3H2,1-2H3,(H,17,18,19). The molecule has 0 saturated carbocycles. The van der Waals surface area contributed by atoms with Crippen molar-refractivity contribution in [1.29, 1.82) is 0 Å². The summed E-state index contributed by atoms with van der Waals surface area (Å²) in [5, 5.41) is 2.99. The fourth-order valence-electron chi connectivity index (χ4n) is 1.77. The van der Waals surface area contributed by atoms with E-state index in [0.717, 1.165) is 6.07 Å². The summed E-state index contributed by atoms with van der Waals surface area (Å²) in [4.78, 5) is 7.95. The van der Waals surface area contributed by atoms with Crippen LogP contribution >= 0.6 is 0 Å². The first kappa shape index (κ1) is 13.3. The number of hydrogen-bond donors (Lipinski definition) is 1. The summed E-state index contributed by atoms with van der Waals surface area (Å²) in [7, 11) is 0. The van der Waals surface area contributed by atoms with Gasteiger partial charge in [-0.25, -0.2) is 23.1 Å². The molecule has 0 fully saturated rings. The Morgan fingerprint density at radius 2 is 1.74 bits per heavy atom. The number of benzene rings is 1. The van der Waals surface area contributed by atoms with Crippen molar-refractivity contribution in [3.05, 3.63) is 41.5 Å². The molecule has 6 heteroatoms. The van der Waals surface area contributed by atoms with E-state index < -0.39 is 17.5 Å². The van der Waals surface area contributed by atoms with Crippen LogP contribution in [0.25, 0.3) is 11.3 Å². The predicted molar refractivity (Wildman–Crippen MR) is 66.2 cm³/mol. The number of halogens is 3. The zero-order valence-electron chi connectivity index (χ0n) is 10.5. The Morgan fingerprint density at radius 3 is 2.42 bits per heavy atom. The minimum atomic E-state index is -1.22. The molecule has 0 amide bonds. The van der Waals surface area contributed by atoms with Crippen LogP contribution in [0.4, 0.5) is 19.0 Å². The Bertz CT molecular complexity index is 614. The predicted octanol–water partition coefficient (Wildman–Crippen LogP) is 3.30. The van der Waals surface area contributed by atoms with Gasteiger partial charge >= 0.3 is 0 Å². The summed E-state index contributed by atoms with van der Waals surface area (Å²) in [6, 6.07) is 1.31. The SMILES string of the molecule is CCNc1ncnc(-c2cc(F)c(F)cc2F)c1C. The Balaban J connectivity index is 2.59. The maximum Gasteiger partial charge on any atom is 0.161 e.